The molecule has 8 heteroatoms. The van der Waals surface area contributed by atoms with Gasteiger partial charge in [-0.3, -0.25) is 4.72 Å². The van der Waals surface area contributed by atoms with Gasteiger partial charge < -0.3 is 5.73 Å². The van der Waals surface area contributed by atoms with Crippen molar-refractivity contribution in [2.45, 2.75) is 11.8 Å². The van der Waals surface area contributed by atoms with Crippen molar-refractivity contribution >= 4 is 48.9 Å². The smallest absolute Gasteiger partial charge is 0.262 e. The molecule has 0 saturated heterocycles. The van der Waals surface area contributed by atoms with E-state index in [0.29, 0.717) is 4.47 Å². The lowest BCUT2D eigenvalue weighted by atomic mass is 10.2. The minimum Gasteiger partial charge on any atom is -0.396 e. The quantitative estimate of drug-likeness (QED) is 0.776. The average molecular weight is 394 g/mol. The summed E-state index contributed by atoms with van der Waals surface area (Å²) >= 11 is 9.19. The van der Waals surface area contributed by atoms with E-state index in [2.05, 4.69) is 20.7 Å². The summed E-state index contributed by atoms with van der Waals surface area (Å²) in [6.07, 6.45) is 0. The van der Waals surface area contributed by atoms with E-state index in [-0.39, 0.29) is 26.9 Å². The molecule has 2 aromatic carbocycles. The van der Waals surface area contributed by atoms with Gasteiger partial charge in [0.2, 0.25) is 0 Å². The van der Waals surface area contributed by atoms with Crippen LogP contribution in [0.3, 0.4) is 0 Å². The molecule has 0 amide bonds. The van der Waals surface area contributed by atoms with E-state index in [0.717, 1.165) is 12.1 Å². The normalized spacial score (nSPS) is 11.4. The van der Waals surface area contributed by atoms with Gasteiger partial charge in [0, 0.05) is 4.47 Å². The number of hydrogen-bond donors (Lipinski definition) is 2. The monoisotopic (exact) mass is 392 g/mol. The van der Waals surface area contributed by atoms with Crippen molar-refractivity contribution in [1.82, 2.24) is 0 Å². The van der Waals surface area contributed by atoms with Crippen LogP contribution in [0.25, 0.3) is 0 Å². The van der Waals surface area contributed by atoms with Gasteiger partial charge in [-0.2, -0.15) is 0 Å². The van der Waals surface area contributed by atoms with Crippen molar-refractivity contribution in [2.24, 2.45) is 0 Å². The van der Waals surface area contributed by atoms with Crippen molar-refractivity contribution in [3.8, 4) is 0 Å². The van der Waals surface area contributed by atoms with Gasteiger partial charge in [0.1, 0.15) is 5.82 Å². The van der Waals surface area contributed by atoms with Crippen LogP contribution in [0.5, 0.6) is 0 Å². The number of hydrogen-bond acceptors (Lipinski definition) is 3. The molecule has 2 aromatic rings. The Labute approximate surface area is 135 Å². The topological polar surface area (TPSA) is 72.2 Å². The van der Waals surface area contributed by atoms with Gasteiger partial charge in [-0.25, -0.2) is 12.8 Å². The second-order valence-corrected chi connectivity index (χ2v) is 7.34. The summed E-state index contributed by atoms with van der Waals surface area (Å²) in [5, 5.41) is 0.245. The maximum atomic E-state index is 13.3. The SMILES string of the molecule is Cc1cc(F)c(N)cc1S(=O)(=O)Nc1cc(Br)ccc1Cl. The maximum Gasteiger partial charge on any atom is 0.262 e. The van der Waals surface area contributed by atoms with Crippen LogP contribution in [0, 0.1) is 12.7 Å². The number of benzene rings is 2. The number of nitrogen functional groups attached to an aromatic ring is 1. The fourth-order valence-electron chi connectivity index (χ4n) is 1.73. The molecule has 0 aliphatic carbocycles. The van der Waals surface area contributed by atoms with E-state index in [9.17, 15) is 12.8 Å². The van der Waals surface area contributed by atoms with Crippen LogP contribution < -0.4 is 10.5 Å². The molecular formula is C13H11BrClFN2O2S. The van der Waals surface area contributed by atoms with Crippen molar-refractivity contribution in [2.75, 3.05) is 10.5 Å². The average Bonchev–Trinajstić information content (AvgIpc) is 2.37. The molecule has 0 unspecified atom stereocenters. The van der Waals surface area contributed by atoms with E-state index in [1.165, 1.54) is 13.0 Å². The molecule has 0 heterocycles. The molecule has 2 rings (SSSR count). The lowest BCUT2D eigenvalue weighted by Crippen LogP contribution is -2.15. The van der Waals surface area contributed by atoms with Gasteiger partial charge in [0.25, 0.3) is 10.0 Å². The van der Waals surface area contributed by atoms with E-state index >= 15 is 0 Å². The number of nitrogens with two attached hydrogens (primary N) is 1. The number of rotatable bonds is 3. The Morgan fingerprint density at radius 2 is 1.95 bits per heavy atom. The molecular weight excluding hydrogens is 383 g/mol. The molecule has 0 fully saturated rings. The van der Waals surface area contributed by atoms with Crippen molar-refractivity contribution in [3.63, 3.8) is 0 Å². The highest BCUT2D eigenvalue weighted by molar-refractivity contribution is 9.10. The summed E-state index contributed by atoms with van der Waals surface area (Å²) in [5.74, 6) is -0.660. The zero-order valence-electron chi connectivity index (χ0n) is 10.8. The second kappa shape index (κ2) is 5.82. The van der Waals surface area contributed by atoms with Crippen LogP contribution in [-0.4, -0.2) is 8.42 Å². The van der Waals surface area contributed by atoms with Gasteiger partial charge in [-0.1, -0.05) is 27.5 Å². The van der Waals surface area contributed by atoms with Crippen molar-refractivity contribution in [1.29, 1.82) is 0 Å². The zero-order chi connectivity index (χ0) is 15.8. The molecule has 0 aliphatic heterocycles. The van der Waals surface area contributed by atoms with Crippen molar-refractivity contribution in [3.05, 3.63) is 51.2 Å². The lowest BCUT2D eigenvalue weighted by molar-refractivity contribution is 0.599. The number of aryl methyl sites for hydroxylation is 1. The second-order valence-electron chi connectivity index (χ2n) is 4.37. The molecule has 0 atom stereocenters. The third-order valence-corrected chi connectivity index (χ3v) is 5.09. The van der Waals surface area contributed by atoms with Gasteiger partial charge in [-0.05, 0) is 42.8 Å². The highest BCUT2D eigenvalue weighted by atomic mass is 79.9. The highest BCUT2D eigenvalue weighted by Crippen LogP contribution is 2.29. The predicted molar refractivity (Wildman–Crippen MR) is 85.5 cm³/mol. The number of sulfonamides is 1. The summed E-state index contributed by atoms with van der Waals surface area (Å²) in [6.45, 7) is 1.49. The maximum absolute atomic E-state index is 13.3. The van der Waals surface area contributed by atoms with E-state index in [1.807, 2.05) is 0 Å². The van der Waals surface area contributed by atoms with Crippen LogP contribution in [-0.2, 0) is 10.0 Å². The Morgan fingerprint density at radius 1 is 1.29 bits per heavy atom. The van der Waals surface area contributed by atoms with Crippen LogP contribution in [0.1, 0.15) is 5.56 Å². The molecule has 0 aromatic heterocycles. The third-order valence-electron chi connectivity index (χ3n) is 2.76. The van der Waals surface area contributed by atoms with E-state index in [4.69, 9.17) is 17.3 Å². The minimum absolute atomic E-state index is 0.0996. The van der Waals surface area contributed by atoms with Crippen LogP contribution in [0.15, 0.2) is 39.7 Å². The molecule has 112 valence electrons. The Hall–Kier alpha value is -1.31. The molecule has 21 heavy (non-hydrogen) atoms. The first-order valence-electron chi connectivity index (χ1n) is 5.74. The van der Waals surface area contributed by atoms with Crippen LogP contribution in [0.2, 0.25) is 5.02 Å². The number of nitrogens with one attached hydrogen (secondary N) is 1. The Kier molecular flexibility index (Phi) is 4.46. The molecule has 0 aliphatic rings. The van der Waals surface area contributed by atoms with E-state index in [1.54, 1.807) is 12.1 Å². The highest BCUT2D eigenvalue weighted by Gasteiger charge is 2.20. The Morgan fingerprint density at radius 3 is 2.62 bits per heavy atom. The van der Waals surface area contributed by atoms with Gasteiger partial charge in [0.15, 0.2) is 0 Å². The van der Waals surface area contributed by atoms with E-state index < -0.39 is 15.8 Å². The van der Waals surface area contributed by atoms with Crippen LogP contribution >= 0.6 is 27.5 Å². The molecule has 3 N–H and O–H groups in total. The number of anilines is 2. The first-order valence-corrected chi connectivity index (χ1v) is 8.39. The standard InChI is InChI=1S/C13H11BrClFN2O2S/c1-7-4-10(16)11(17)6-13(7)21(19,20)18-12-5-8(14)2-3-9(12)15/h2-6,18H,17H2,1H3. The minimum atomic E-state index is -3.92. The lowest BCUT2D eigenvalue weighted by Gasteiger charge is -2.13. The molecule has 0 spiro atoms. The molecule has 0 saturated carbocycles. The zero-order valence-corrected chi connectivity index (χ0v) is 14.0. The third kappa shape index (κ3) is 3.48. The first-order chi connectivity index (χ1) is 9.70. The number of halogens is 3. The van der Waals surface area contributed by atoms with Gasteiger partial charge >= 0.3 is 0 Å². The summed E-state index contributed by atoms with van der Waals surface area (Å²) in [4.78, 5) is -0.0996. The molecule has 4 nitrogen and oxygen atoms in total. The van der Waals surface area contributed by atoms with Gasteiger partial charge in [-0.15, -0.1) is 0 Å². The summed E-state index contributed by atoms with van der Waals surface area (Å²) in [5.41, 5.74) is 5.66. The summed E-state index contributed by atoms with van der Waals surface area (Å²) in [7, 11) is -3.92. The largest absolute Gasteiger partial charge is 0.396 e. The molecule has 0 radical (unpaired) electrons. The predicted octanol–water partition coefficient (Wildman–Crippen LogP) is 3.93. The Bertz CT molecular complexity index is 812. The first kappa shape index (κ1) is 16.1. The molecule has 0 bridgehead atoms. The summed E-state index contributed by atoms with van der Waals surface area (Å²) < 4.78 is 41.1. The summed E-state index contributed by atoms with van der Waals surface area (Å²) in [6, 6.07) is 6.92. The fourth-order valence-corrected chi connectivity index (χ4v) is 3.65. The van der Waals surface area contributed by atoms with Gasteiger partial charge in [0.05, 0.1) is 21.3 Å². The Balaban J connectivity index is 2.48. The van der Waals surface area contributed by atoms with Crippen LogP contribution in [0.4, 0.5) is 15.8 Å². The fraction of sp³-hybridized carbons (Fsp3) is 0.0769. The van der Waals surface area contributed by atoms with Crippen molar-refractivity contribution < 1.29 is 12.8 Å².